The molecule has 0 spiro atoms. The Balaban J connectivity index is 2.59. The lowest BCUT2D eigenvalue weighted by molar-refractivity contribution is 0.172. The zero-order chi connectivity index (χ0) is 20.6. The van der Waals surface area contributed by atoms with Crippen LogP contribution >= 0.6 is 0 Å². The Labute approximate surface area is 167 Å². The van der Waals surface area contributed by atoms with Crippen molar-refractivity contribution in [3.63, 3.8) is 0 Å². The average Bonchev–Trinajstić information content (AvgIpc) is 3.34. The Morgan fingerprint density at radius 1 is 1.04 bits per heavy atom. The Morgan fingerprint density at radius 2 is 1.56 bits per heavy atom. The Bertz CT molecular complexity index is 703. The number of benzene rings is 1. The summed E-state index contributed by atoms with van der Waals surface area (Å²) in [6.45, 7) is 21.3. The minimum Gasteiger partial charge on any atom is -0.393 e. The van der Waals surface area contributed by atoms with Crippen LogP contribution in [0.5, 0.6) is 0 Å². The molecule has 1 aliphatic rings. The first-order chi connectivity index (χ1) is 12.4. The van der Waals surface area contributed by atoms with Crippen LogP contribution in [0.3, 0.4) is 0 Å². The van der Waals surface area contributed by atoms with Gasteiger partial charge in [-0.05, 0) is 45.3 Å². The highest BCUT2D eigenvalue weighted by Crippen LogP contribution is 2.42. The van der Waals surface area contributed by atoms with Gasteiger partial charge in [0.25, 0.3) is 0 Å². The summed E-state index contributed by atoms with van der Waals surface area (Å²) in [5.74, 6) is 3.58. The van der Waals surface area contributed by atoms with Crippen LogP contribution in [0.25, 0.3) is 0 Å². The molecule has 0 bridgehead atoms. The molecular formula is C24H38O2Si. The fourth-order valence-electron chi connectivity index (χ4n) is 4.45. The van der Waals surface area contributed by atoms with Crippen molar-refractivity contribution in [3.05, 3.63) is 34.9 Å². The van der Waals surface area contributed by atoms with E-state index in [2.05, 4.69) is 92.0 Å². The van der Waals surface area contributed by atoms with Crippen LogP contribution in [0.4, 0.5) is 0 Å². The molecule has 1 heterocycles. The summed E-state index contributed by atoms with van der Waals surface area (Å²) < 4.78 is 5.62. The fraction of sp³-hybridized carbons (Fsp3) is 0.667. The van der Waals surface area contributed by atoms with Crippen molar-refractivity contribution in [1.82, 2.24) is 0 Å². The molecule has 27 heavy (non-hydrogen) atoms. The number of aliphatic hydroxyl groups is 1. The zero-order valence-electron chi connectivity index (χ0n) is 18.7. The molecule has 1 N–H and O–H groups in total. The number of hydrogen-bond acceptors (Lipinski definition) is 2. The summed E-state index contributed by atoms with van der Waals surface area (Å²) in [6, 6.07) is 6.54. The lowest BCUT2D eigenvalue weighted by atomic mass is 9.83. The van der Waals surface area contributed by atoms with Gasteiger partial charge in [0, 0.05) is 5.56 Å². The number of epoxide rings is 1. The van der Waals surface area contributed by atoms with E-state index in [0.29, 0.717) is 23.2 Å². The Morgan fingerprint density at radius 3 is 1.93 bits per heavy atom. The second kappa shape index (κ2) is 7.74. The third-order valence-corrected chi connectivity index (χ3v) is 12.7. The van der Waals surface area contributed by atoms with Gasteiger partial charge in [-0.3, -0.25) is 0 Å². The molecule has 0 saturated carbocycles. The normalized spacial score (nSPS) is 20.2. The van der Waals surface area contributed by atoms with Gasteiger partial charge in [-0.2, -0.15) is 0 Å². The molecule has 0 aliphatic carbocycles. The van der Waals surface area contributed by atoms with Gasteiger partial charge in [0.05, 0.1) is 13.2 Å². The highest BCUT2D eigenvalue weighted by molar-refractivity contribution is 6.90. The van der Waals surface area contributed by atoms with Crippen molar-refractivity contribution < 1.29 is 9.84 Å². The number of ether oxygens (including phenoxy) is 1. The molecule has 1 aromatic rings. The monoisotopic (exact) mass is 386 g/mol. The van der Waals surface area contributed by atoms with Gasteiger partial charge in [-0.15, -0.1) is 5.54 Å². The van der Waals surface area contributed by atoms with Gasteiger partial charge < -0.3 is 9.84 Å². The first-order valence-corrected chi connectivity index (χ1v) is 12.6. The van der Waals surface area contributed by atoms with E-state index in [4.69, 9.17) is 4.74 Å². The van der Waals surface area contributed by atoms with Crippen molar-refractivity contribution in [3.8, 4) is 11.5 Å². The first-order valence-electron chi connectivity index (χ1n) is 10.3. The molecule has 150 valence electrons. The molecule has 1 aliphatic heterocycles. The van der Waals surface area contributed by atoms with Gasteiger partial charge in [-0.25, -0.2) is 0 Å². The molecule has 1 fully saturated rings. The molecule has 3 heteroatoms. The maximum absolute atomic E-state index is 9.82. The number of rotatable bonds is 5. The van der Waals surface area contributed by atoms with Crippen LogP contribution in [-0.2, 0) is 15.8 Å². The average molecular weight is 387 g/mol. The molecule has 0 unspecified atom stereocenters. The van der Waals surface area contributed by atoms with E-state index in [1.807, 2.05) is 0 Å². The van der Waals surface area contributed by atoms with Gasteiger partial charge in [0.1, 0.15) is 13.7 Å². The van der Waals surface area contributed by atoms with E-state index < -0.39 is 13.7 Å². The molecule has 2 nitrogen and oxygen atoms in total. The van der Waals surface area contributed by atoms with Crippen LogP contribution in [0, 0.1) is 11.5 Å². The molecule has 1 aromatic carbocycles. The predicted octanol–water partition coefficient (Wildman–Crippen LogP) is 5.77. The quantitative estimate of drug-likeness (QED) is 0.396. The van der Waals surface area contributed by atoms with Gasteiger partial charge in [0.2, 0.25) is 0 Å². The summed E-state index contributed by atoms with van der Waals surface area (Å²) in [5, 5.41) is 9.82. The third kappa shape index (κ3) is 4.34. The second-order valence-corrected chi connectivity index (χ2v) is 15.7. The molecule has 1 atom stereocenters. The van der Waals surface area contributed by atoms with E-state index in [-0.39, 0.29) is 12.0 Å². The van der Waals surface area contributed by atoms with Crippen LogP contribution in [-0.4, -0.2) is 26.4 Å². The third-order valence-electron chi connectivity index (χ3n) is 6.36. The molecule has 0 radical (unpaired) electrons. The smallest absolute Gasteiger partial charge is 0.146 e. The lowest BCUT2D eigenvalue weighted by Gasteiger charge is -2.38. The SMILES string of the molecule is CC(C)[Si](C#Cc1cc(C(C)(C)C)cc([C@]2(CO)CO2)c1)(C(C)C)C(C)C. The molecule has 0 aromatic heterocycles. The van der Waals surface area contributed by atoms with Crippen LogP contribution in [0.15, 0.2) is 18.2 Å². The van der Waals surface area contributed by atoms with E-state index >= 15 is 0 Å². The standard InChI is InChI=1S/C24H38O2Si/c1-17(2)27(18(3)4,19(5)6)11-10-20-12-21(23(7,8)9)14-22(13-20)24(15-25)16-26-24/h12-14,17-19,25H,15-16H2,1-9H3/t24-/m0/s1. The maximum Gasteiger partial charge on any atom is 0.146 e. The minimum atomic E-state index is -1.77. The highest BCUT2D eigenvalue weighted by atomic mass is 28.3. The van der Waals surface area contributed by atoms with Crippen LogP contribution in [0.2, 0.25) is 16.6 Å². The lowest BCUT2D eigenvalue weighted by Crippen LogP contribution is -2.43. The summed E-state index contributed by atoms with van der Waals surface area (Å²) in [7, 11) is -1.77. The van der Waals surface area contributed by atoms with E-state index in [0.717, 1.165) is 11.1 Å². The second-order valence-electron chi connectivity index (χ2n) is 10.1. The van der Waals surface area contributed by atoms with Crippen LogP contribution in [0.1, 0.15) is 79.0 Å². The van der Waals surface area contributed by atoms with Crippen molar-refractivity contribution in [2.75, 3.05) is 13.2 Å². The number of aliphatic hydroxyl groups excluding tert-OH is 1. The van der Waals surface area contributed by atoms with Crippen molar-refractivity contribution in [2.24, 2.45) is 0 Å². The van der Waals surface area contributed by atoms with Gasteiger partial charge in [-0.1, -0.05) is 74.3 Å². The van der Waals surface area contributed by atoms with Crippen LogP contribution < -0.4 is 0 Å². The maximum atomic E-state index is 9.82. The summed E-state index contributed by atoms with van der Waals surface area (Å²) in [5.41, 5.74) is 8.56. The van der Waals surface area contributed by atoms with E-state index in [1.165, 1.54) is 5.56 Å². The van der Waals surface area contributed by atoms with Gasteiger partial charge in [0.15, 0.2) is 0 Å². The van der Waals surface area contributed by atoms with Gasteiger partial charge >= 0.3 is 0 Å². The van der Waals surface area contributed by atoms with E-state index in [1.54, 1.807) is 0 Å². The van der Waals surface area contributed by atoms with E-state index in [9.17, 15) is 5.11 Å². The molecule has 0 amide bonds. The van der Waals surface area contributed by atoms with Crippen molar-refractivity contribution >= 4 is 8.07 Å². The molecule has 1 saturated heterocycles. The molecule has 2 rings (SSSR count). The topological polar surface area (TPSA) is 32.8 Å². The minimum absolute atomic E-state index is 0.0239. The predicted molar refractivity (Wildman–Crippen MR) is 118 cm³/mol. The summed E-state index contributed by atoms with van der Waals surface area (Å²) in [6.07, 6.45) is 0. The zero-order valence-corrected chi connectivity index (χ0v) is 19.7. The Hall–Kier alpha value is -1.08. The largest absolute Gasteiger partial charge is 0.393 e. The van der Waals surface area contributed by atoms with Crippen molar-refractivity contribution in [2.45, 2.75) is 90.0 Å². The fourth-order valence-corrected chi connectivity index (χ4v) is 9.67. The molecular weight excluding hydrogens is 348 g/mol. The first kappa shape index (κ1) is 22.2. The summed E-state index contributed by atoms with van der Waals surface area (Å²) in [4.78, 5) is 0. The Kier molecular flexibility index (Phi) is 6.37. The summed E-state index contributed by atoms with van der Waals surface area (Å²) >= 11 is 0. The number of hydrogen-bond donors (Lipinski definition) is 1. The van der Waals surface area contributed by atoms with Crippen molar-refractivity contribution in [1.29, 1.82) is 0 Å². The highest BCUT2D eigenvalue weighted by Gasteiger charge is 2.46.